The monoisotopic (exact) mass is 310 g/mol. The summed E-state index contributed by atoms with van der Waals surface area (Å²) in [6.07, 6.45) is 1.55. The molecule has 2 unspecified atom stereocenters. The van der Waals surface area contributed by atoms with Crippen molar-refractivity contribution in [1.82, 2.24) is 10.2 Å². The number of hydrogen-bond acceptors (Lipinski definition) is 3. The summed E-state index contributed by atoms with van der Waals surface area (Å²) in [6, 6.07) is 0.921. The Morgan fingerprint density at radius 1 is 1.57 bits per heavy atom. The van der Waals surface area contributed by atoms with Gasteiger partial charge in [-0.15, -0.1) is 11.3 Å². The maximum Gasteiger partial charge on any atom is 0.326 e. The highest BCUT2D eigenvalue weighted by atomic mass is 32.1. The van der Waals surface area contributed by atoms with Gasteiger partial charge in [0.15, 0.2) is 0 Å². The first-order valence-corrected chi connectivity index (χ1v) is 8.19. The summed E-state index contributed by atoms with van der Waals surface area (Å²) >= 11 is 1.72. The maximum absolute atomic E-state index is 12.4. The standard InChI is InChI=1S/C15H22N2O3S/c1-4-9(2)13(14(18)19)16-15(20)17-7-5-12-11(10(17)3)6-8-21-12/h6,8-10,13H,4-5,7H2,1-3H3,(H,16,20)(H,18,19)/t9?,10?,13-/m0/s1. The number of amides is 2. The van der Waals surface area contributed by atoms with Crippen molar-refractivity contribution in [2.75, 3.05) is 6.54 Å². The van der Waals surface area contributed by atoms with Gasteiger partial charge in [0, 0.05) is 11.4 Å². The van der Waals surface area contributed by atoms with Crippen molar-refractivity contribution in [3.05, 3.63) is 21.9 Å². The van der Waals surface area contributed by atoms with Crippen LogP contribution in [0.5, 0.6) is 0 Å². The smallest absolute Gasteiger partial charge is 0.326 e. The lowest BCUT2D eigenvalue weighted by Crippen LogP contribution is -2.52. The largest absolute Gasteiger partial charge is 0.480 e. The molecule has 0 spiro atoms. The maximum atomic E-state index is 12.4. The number of nitrogens with one attached hydrogen (secondary N) is 1. The Bertz CT molecular complexity index is 529. The van der Waals surface area contributed by atoms with E-state index in [2.05, 4.69) is 5.32 Å². The molecule has 21 heavy (non-hydrogen) atoms. The van der Waals surface area contributed by atoms with Crippen LogP contribution in [0.25, 0.3) is 0 Å². The number of fused-ring (bicyclic) bond motifs is 1. The first kappa shape index (κ1) is 15.8. The van der Waals surface area contributed by atoms with Crippen LogP contribution in [0.15, 0.2) is 11.4 Å². The number of urea groups is 1. The second kappa shape index (κ2) is 6.47. The Balaban J connectivity index is 2.08. The molecule has 1 aliphatic heterocycles. The second-order valence-corrected chi connectivity index (χ2v) is 6.57. The fourth-order valence-electron chi connectivity index (χ4n) is 2.69. The van der Waals surface area contributed by atoms with Gasteiger partial charge >= 0.3 is 12.0 Å². The van der Waals surface area contributed by atoms with Gasteiger partial charge in [0.05, 0.1) is 6.04 Å². The van der Waals surface area contributed by atoms with Gasteiger partial charge in [0.1, 0.15) is 6.04 Å². The Hall–Kier alpha value is -1.56. The molecule has 5 nitrogen and oxygen atoms in total. The van der Waals surface area contributed by atoms with E-state index in [1.165, 1.54) is 10.4 Å². The minimum atomic E-state index is -0.974. The van der Waals surface area contributed by atoms with E-state index in [0.29, 0.717) is 13.0 Å². The molecule has 6 heteroatoms. The summed E-state index contributed by atoms with van der Waals surface area (Å²) in [5.41, 5.74) is 1.18. The van der Waals surface area contributed by atoms with E-state index in [9.17, 15) is 14.7 Å². The van der Waals surface area contributed by atoms with Crippen LogP contribution in [0, 0.1) is 5.92 Å². The molecule has 116 valence electrons. The lowest BCUT2D eigenvalue weighted by Gasteiger charge is -2.35. The molecule has 0 fully saturated rings. The molecule has 1 aliphatic rings. The molecule has 2 heterocycles. The van der Waals surface area contributed by atoms with E-state index in [-0.39, 0.29) is 18.0 Å². The van der Waals surface area contributed by atoms with Crippen LogP contribution >= 0.6 is 11.3 Å². The minimum absolute atomic E-state index is 0.00798. The molecule has 2 N–H and O–H groups in total. The summed E-state index contributed by atoms with van der Waals surface area (Å²) in [5, 5.41) is 14.0. The van der Waals surface area contributed by atoms with Crippen LogP contribution < -0.4 is 5.32 Å². The Morgan fingerprint density at radius 2 is 2.29 bits per heavy atom. The van der Waals surface area contributed by atoms with Crippen LogP contribution in [0.4, 0.5) is 4.79 Å². The van der Waals surface area contributed by atoms with Gasteiger partial charge in [0.25, 0.3) is 0 Å². The van der Waals surface area contributed by atoms with E-state index >= 15 is 0 Å². The fraction of sp³-hybridized carbons (Fsp3) is 0.600. The van der Waals surface area contributed by atoms with Crippen LogP contribution in [0.1, 0.15) is 43.7 Å². The normalized spacial score (nSPS) is 20.5. The van der Waals surface area contributed by atoms with Crippen molar-refractivity contribution < 1.29 is 14.7 Å². The minimum Gasteiger partial charge on any atom is -0.480 e. The summed E-state index contributed by atoms with van der Waals surface area (Å²) in [5.74, 6) is -1.07. The first-order valence-electron chi connectivity index (χ1n) is 7.31. The van der Waals surface area contributed by atoms with Crippen molar-refractivity contribution in [2.24, 2.45) is 5.92 Å². The quantitative estimate of drug-likeness (QED) is 0.898. The molecular formula is C15H22N2O3S. The molecule has 1 aromatic heterocycles. The van der Waals surface area contributed by atoms with Gasteiger partial charge in [-0.05, 0) is 36.3 Å². The van der Waals surface area contributed by atoms with Crippen LogP contribution in [-0.2, 0) is 11.2 Å². The molecule has 0 bridgehead atoms. The zero-order chi connectivity index (χ0) is 15.6. The predicted molar refractivity (Wildman–Crippen MR) is 82.6 cm³/mol. The Kier molecular flexibility index (Phi) is 4.88. The van der Waals surface area contributed by atoms with Gasteiger partial charge in [0.2, 0.25) is 0 Å². The highest BCUT2D eigenvalue weighted by molar-refractivity contribution is 7.10. The third-order valence-electron chi connectivity index (χ3n) is 4.30. The highest BCUT2D eigenvalue weighted by Gasteiger charge is 2.32. The van der Waals surface area contributed by atoms with E-state index in [1.54, 1.807) is 16.2 Å². The number of aliphatic carboxylic acids is 1. The zero-order valence-electron chi connectivity index (χ0n) is 12.6. The molecular weight excluding hydrogens is 288 g/mol. The second-order valence-electron chi connectivity index (χ2n) is 5.57. The van der Waals surface area contributed by atoms with Crippen molar-refractivity contribution in [3.8, 4) is 0 Å². The highest BCUT2D eigenvalue weighted by Crippen LogP contribution is 2.32. The number of carboxylic acid groups (broad SMARTS) is 1. The summed E-state index contributed by atoms with van der Waals surface area (Å²) < 4.78 is 0. The summed E-state index contributed by atoms with van der Waals surface area (Å²) in [7, 11) is 0. The van der Waals surface area contributed by atoms with Crippen molar-refractivity contribution >= 4 is 23.3 Å². The van der Waals surface area contributed by atoms with E-state index in [0.717, 1.165) is 6.42 Å². The summed E-state index contributed by atoms with van der Waals surface area (Å²) in [4.78, 5) is 26.8. The third kappa shape index (κ3) is 3.20. The molecule has 3 atom stereocenters. The molecule has 1 aromatic rings. The first-order chi connectivity index (χ1) is 9.95. The molecule has 0 saturated carbocycles. The molecule has 2 rings (SSSR count). The average Bonchev–Trinajstić information content (AvgIpc) is 2.93. The number of nitrogens with zero attached hydrogens (tertiary/aromatic N) is 1. The number of thiophene rings is 1. The molecule has 0 aliphatic carbocycles. The number of carbonyl (C=O) groups excluding carboxylic acids is 1. The number of carboxylic acids is 1. The zero-order valence-corrected chi connectivity index (χ0v) is 13.4. The molecule has 2 amide bonds. The van der Waals surface area contributed by atoms with Crippen LogP contribution in [0.2, 0.25) is 0 Å². The number of hydrogen-bond donors (Lipinski definition) is 2. The Labute approximate surface area is 129 Å². The van der Waals surface area contributed by atoms with Crippen LogP contribution in [0.3, 0.4) is 0 Å². The SMILES string of the molecule is CCC(C)[C@H](NC(=O)N1CCc2sccc2C1C)C(=O)O. The average molecular weight is 310 g/mol. The lowest BCUT2D eigenvalue weighted by atomic mass is 9.99. The van der Waals surface area contributed by atoms with Gasteiger partial charge in [-0.1, -0.05) is 20.3 Å². The number of carbonyl (C=O) groups is 2. The molecule has 0 aromatic carbocycles. The number of rotatable bonds is 4. The van der Waals surface area contributed by atoms with E-state index < -0.39 is 12.0 Å². The van der Waals surface area contributed by atoms with Crippen molar-refractivity contribution in [2.45, 2.75) is 45.7 Å². The Morgan fingerprint density at radius 3 is 2.90 bits per heavy atom. The van der Waals surface area contributed by atoms with Crippen LogP contribution in [-0.4, -0.2) is 34.6 Å². The summed E-state index contributed by atoms with van der Waals surface area (Å²) in [6.45, 7) is 6.39. The van der Waals surface area contributed by atoms with Gasteiger partial charge < -0.3 is 15.3 Å². The lowest BCUT2D eigenvalue weighted by molar-refractivity contribution is -0.140. The third-order valence-corrected chi connectivity index (χ3v) is 5.29. The topological polar surface area (TPSA) is 69.6 Å². The van der Waals surface area contributed by atoms with Gasteiger partial charge in [-0.2, -0.15) is 0 Å². The van der Waals surface area contributed by atoms with Gasteiger partial charge in [-0.25, -0.2) is 9.59 Å². The predicted octanol–water partition coefficient (Wildman–Crippen LogP) is 2.88. The van der Waals surface area contributed by atoms with Gasteiger partial charge in [-0.3, -0.25) is 0 Å². The van der Waals surface area contributed by atoms with E-state index in [1.807, 2.05) is 32.2 Å². The fourth-order valence-corrected chi connectivity index (χ4v) is 3.65. The van der Waals surface area contributed by atoms with Crippen molar-refractivity contribution in [1.29, 1.82) is 0 Å². The molecule has 0 saturated heterocycles. The van der Waals surface area contributed by atoms with E-state index in [4.69, 9.17) is 0 Å². The van der Waals surface area contributed by atoms with Crippen molar-refractivity contribution in [3.63, 3.8) is 0 Å². The molecule has 0 radical (unpaired) electrons.